The van der Waals surface area contributed by atoms with Crippen molar-refractivity contribution in [1.82, 2.24) is 9.55 Å². The zero-order chi connectivity index (χ0) is 15.8. The molecule has 1 aromatic heterocycles. The van der Waals surface area contributed by atoms with Crippen molar-refractivity contribution < 1.29 is 13.2 Å². The van der Waals surface area contributed by atoms with Crippen LogP contribution in [0, 0.1) is 0 Å². The Morgan fingerprint density at radius 3 is 2.14 bits per heavy atom. The first kappa shape index (κ1) is 15.4. The molecule has 0 aliphatic carbocycles. The first-order chi connectivity index (χ1) is 9.75. The van der Waals surface area contributed by atoms with Gasteiger partial charge in [-0.3, -0.25) is 0 Å². The first-order valence-corrected chi connectivity index (χ1v) is 6.79. The fourth-order valence-electron chi connectivity index (χ4n) is 2.29. The largest absolute Gasteiger partial charge is 0.416 e. The molecule has 0 radical (unpaired) electrons. The molecule has 2 aromatic rings. The van der Waals surface area contributed by atoms with Gasteiger partial charge in [-0.2, -0.15) is 13.2 Å². The monoisotopic (exact) mass is 297 g/mol. The van der Waals surface area contributed by atoms with Gasteiger partial charge in [0.1, 0.15) is 17.3 Å². The van der Waals surface area contributed by atoms with Crippen molar-refractivity contribution in [3.63, 3.8) is 0 Å². The molecule has 1 heterocycles. The van der Waals surface area contributed by atoms with Gasteiger partial charge in [0.15, 0.2) is 0 Å². The maximum atomic E-state index is 12.6. The van der Waals surface area contributed by atoms with E-state index in [1.165, 1.54) is 12.1 Å². The maximum Gasteiger partial charge on any atom is 0.416 e. The summed E-state index contributed by atoms with van der Waals surface area (Å²) in [4.78, 5) is 4.50. The van der Waals surface area contributed by atoms with Gasteiger partial charge in [0.2, 0.25) is 0 Å². The minimum Gasteiger partial charge on any atom is -0.383 e. The molecular formula is C15H18F3N3. The average molecular weight is 297 g/mol. The highest BCUT2D eigenvalue weighted by molar-refractivity contribution is 5.71. The molecule has 0 unspecified atom stereocenters. The van der Waals surface area contributed by atoms with Crippen LogP contribution in [0.3, 0.4) is 0 Å². The van der Waals surface area contributed by atoms with Crippen molar-refractivity contribution >= 4 is 5.82 Å². The lowest BCUT2D eigenvalue weighted by Gasteiger charge is -2.08. The van der Waals surface area contributed by atoms with Crippen LogP contribution < -0.4 is 5.73 Å². The van der Waals surface area contributed by atoms with Gasteiger partial charge in [0.25, 0.3) is 0 Å². The molecule has 0 saturated heterocycles. The second-order valence-electron chi connectivity index (χ2n) is 5.18. The summed E-state index contributed by atoms with van der Waals surface area (Å²) >= 11 is 0. The van der Waals surface area contributed by atoms with E-state index in [0.29, 0.717) is 23.6 Å². The van der Waals surface area contributed by atoms with Crippen LogP contribution in [0.5, 0.6) is 0 Å². The lowest BCUT2D eigenvalue weighted by molar-refractivity contribution is -0.137. The molecule has 0 spiro atoms. The average Bonchev–Trinajstić information content (AvgIpc) is 2.75. The molecule has 0 atom stereocenters. The minimum atomic E-state index is -4.34. The summed E-state index contributed by atoms with van der Waals surface area (Å²) < 4.78 is 39.6. The van der Waals surface area contributed by atoms with Gasteiger partial charge >= 0.3 is 6.18 Å². The summed E-state index contributed by atoms with van der Waals surface area (Å²) in [6, 6.07) is 4.92. The number of rotatable bonds is 3. The number of aromatic nitrogens is 2. The molecule has 0 aliphatic rings. The van der Waals surface area contributed by atoms with Gasteiger partial charge in [0.05, 0.1) is 5.56 Å². The standard InChI is InChI=1S/C15H18F3N3/c1-4-21-13(19)12(20-14(21)9(2)3)10-5-7-11(8-6-10)15(16,17)18/h5-9H,4,19H2,1-3H3. The van der Waals surface area contributed by atoms with Crippen molar-refractivity contribution in [1.29, 1.82) is 0 Å². The first-order valence-electron chi connectivity index (χ1n) is 6.79. The number of alkyl halides is 3. The summed E-state index contributed by atoms with van der Waals surface area (Å²) in [5.74, 6) is 1.52. The quantitative estimate of drug-likeness (QED) is 0.918. The van der Waals surface area contributed by atoms with Crippen LogP contribution in [-0.2, 0) is 12.7 Å². The fourth-order valence-corrected chi connectivity index (χ4v) is 2.29. The normalized spacial score (nSPS) is 12.1. The van der Waals surface area contributed by atoms with E-state index in [2.05, 4.69) is 4.98 Å². The number of imidazole rings is 1. The Hall–Kier alpha value is -1.98. The van der Waals surface area contributed by atoms with Gasteiger partial charge in [-0.1, -0.05) is 26.0 Å². The number of nitrogen functional groups attached to an aromatic ring is 1. The molecule has 6 heteroatoms. The van der Waals surface area contributed by atoms with E-state index in [4.69, 9.17) is 5.73 Å². The van der Waals surface area contributed by atoms with Crippen molar-refractivity contribution in [2.24, 2.45) is 0 Å². The summed E-state index contributed by atoms with van der Waals surface area (Å²) in [5.41, 5.74) is 6.54. The van der Waals surface area contributed by atoms with Crippen LogP contribution in [-0.4, -0.2) is 9.55 Å². The van der Waals surface area contributed by atoms with E-state index < -0.39 is 11.7 Å². The molecule has 21 heavy (non-hydrogen) atoms. The molecule has 114 valence electrons. The van der Waals surface area contributed by atoms with Crippen LogP contribution in [0.4, 0.5) is 19.0 Å². The molecule has 0 fully saturated rings. The zero-order valence-corrected chi connectivity index (χ0v) is 12.2. The van der Waals surface area contributed by atoms with Crippen LogP contribution in [0.2, 0.25) is 0 Å². The van der Waals surface area contributed by atoms with Gasteiger partial charge in [0, 0.05) is 18.0 Å². The van der Waals surface area contributed by atoms with E-state index in [0.717, 1.165) is 18.0 Å². The number of nitrogens with two attached hydrogens (primary N) is 1. The third kappa shape index (κ3) is 2.89. The number of anilines is 1. The highest BCUT2D eigenvalue weighted by Crippen LogP contribution is 2.33. The molecule has 0 bridgehead atoms. The van der Waals surface area contributed by atoms with Gasteiger partial charge < -0.3 is 10.3 Å². The van der Waals surface area contributed by atoms with E-state index in [9.17, 15) is 13.2 Å². The Balaban J connectivity index is 2.47. The van der Waals surface area contributed by atoms with Crippen LogP contribution in [0.25, 0.3) is 11.3 Å². The highest BCUT2D eigenvalue weighted by Gasteiger charge is 2.30. The summed E-state index contributed by atoms with van der Waals surface area (Å²) in [7, 11) is 0. The third-order valence-electron chi connectivity index (χ3n) is 3.35. The zero-order valence-electron chi connectivity index (χ0n) is 12.2. The third-order valence-corrected chi connectivity index (χ3v) is 3.35. The lowest BCUT2D eigenvalue weighted by atomic mass is 10.1. The lowest BCUT2D eigenvalue weighted by Crippen LogP contribution is -2.06. The number of halogens is 3. The van der Waals surface area contributed by atoms with Crippen LogP contribution in [0.15, 0.2) is 24.3 Å². The Labute approximate surface area is 121 Å². The molecule has 2 rings (SSSR count). The Bertz CT molecular complexity index is 625. The highest BCUT2D eigenvalue weighted by atomic mass is 19.4. The second-order valence-corrected chi connectivity index (χ2v) is 5.18. The topological polar surface area (TPSA) is 43.8 Å². The van der Waals surface area contributed by atoms with Crippen LogP contribution in [0.1, 0.15) is 38.1 Å². The van der Waals surface area contributed by atoms with Gasteiger partial charge in [-0.05, 0) is 19.1 Å². The number of nitrogens with zero attached hydrogens (tertiary/aromatic N) is 2. The number of hydrogen-bond acceptors (Lipinski definition) is 2. The smallest absolute Gasteiger partial charge is 0.383 e. The summed E-state index contributed by atoms with van der Waals surface area (Å²) in [6.07, 6.45) is -4.34. The second kappa shape index (κ2) is 5.42. The predicted molar refractivity (Wildman–Crippen MR) is 76.8 cm³/mol. The molecule has 0 aliphatic heterocycles. The summed E-state index contributed by atoms with van der Waals surface area (Å²) in [5, 5.41) is 0. The molecule has 2 N–H and O–H groups in total. The molecule has 1 aromatic carbocycles. The van der Waals surface area contributed by atoms with E-state index in [1.807, 2.05) is 25.3 Å². The van der Waals surface area contributed by atoms with Gasteiger partial charge in [-0.15, -0.1) is 0 Å². The predicted octanol–water partition coefficient (Wildman–Crippen LogP) is 4.29. The van der Waals surface area contributed by atoms with Crippen molar-refractivity contribution in [2.75, 3.05) is 5.73 Å². The minimum absolute atomic E-state index is 0.190. The van der Waals surface area contributed by atoms with Crippen LogP contribution >= 0.6 is 0 Å². The molecule has 3 nitrogen and oxygen atoms in total. The number of benzene rings is 1. The number of hydrogen-bond donors (Lipinski definition) is 1. The van der Waals surface area contributed by atoms with Gasteiger partial charge in [-0.25, -0.2) is 4.98 Å². The fraction of sp³-hybridized carbons (Fsp3) is 0.400. The molecule has 0 saturated carbocycles. The molecule has 0 amide bonds. The van der Waals surface area contributed by atoms with Crippen molar-refractivity contribution in [2.45, 2.75) is 39.4 Å². The summed E-state index contributed by atoms with van der Waals surface area (Å²) in [6.45, 7) is 6.64. The van der Waals surface area contributed by atoms with Crippen molar-refractivity contribution in [3.05, 3.63) is 35.7 Å². The van der Waals surface area contributed by atoms with Crippen molar-refractivity contribution in [3.8, 4) is 11.3 Å². The van der Waals surface area contributed by atoms with E-state index in [-0.39, 0.29) is 5.92 Å². The van der Waals surface area contributed by atoms with E-state index in [1.54, 1.807) is 0 Å². The molecular weight excluding hydrogens is 279 g/mol. The SMILES string of the molecule is CCn1c(C(C)C)nc(-c2ccc(C(F)(F)F)cc2)c1N. The van der Waals surface area contributed by atoms with E-state index >= 15 is 0 Å². The maximum absolute atomic E-state index is 12.6. The Morgan fingerprint density at radius 1 is 1.19 bits per heavy atom. The Kier molecular flexibility index (Phi) is 3.98. The Morgan fingerprint density at radius 2 is 1.76 bits per heavy atom.